The van der Waals surface area contributed by atoms with Crippen LogP contribution in [0.1, 0.15) is 20.3 Å². The van der Waals surface area contributed by atoms with Crippen molar-refractivity contribution >= 4 is 23.5 Å². The van der Waals surface area contributed by atoms with E-state index in [0.717, 1.165) is 12.1 Å². The Morgan fingerprint density at radius 1 is 1.26 bits per heavy atom. The van der Waals surface area contributed by atoms with Gasteiger partial charge in [-0.25, -0.2) is 10.5 Å². The number of guanidine groups is 2. The molecule has 0 radical (unpaired) electrons. The van der Waals surface area contributed by atoms with E-state index in [-0.39, 0.29) is 41.9 Å². The third kappa shape index (κ3) is 10.4. The standard InChI is InChI=1S/C15H21ClF3N5O3/c1-9(2)22-13(20)23-14(21)24-26-7-3-6-25-12-5-4-10(8-11(12)16)27-15(17,18)19/h4-5,8-9H,3,6-7H2,1-2H3,(H5,20,21,22,23,24). The average Bonchev–Trinajstić information content (AvgIpc) is 2.49. The van der Waals surface area contributed by atoms with Gasteiger partial charge in [0.25, 0.3) is 0 Å². The minimum absolute atomic E-state index is 0.00733. The van der Waals surface area contributed by atoms with Crippen molar-refractivity contribution in [2.75, 3.05) is 13.2 Å². The van der Waals surface area contributed by atoms with Gasteiger partial charge in [-0.2, -0.15) is 4.99 Å². The van der Waals surface area contributed by atoms with Crippen molar-refractivity contribution < 1.29 is 27.5 Å². The summed E-state index contributed by atoms with van der Waals surface area (Å²) in [4.78, 5) is 12.8. The Balaban J connectivity index is 2.31. The van der Waals surface area contributed by atoms with Gasteiger partial charge in [-0.15, -0.1) is 13.2 Å². The number of ether oxygens (including phenoxy) is 2. The van der Waals surface area contributed by atoms with E-state index in [4.69, 9.17) is 32.6 Å². The summed E-state index contributed by atoms with van der Waals surface area (Å²) in [5, 5.41) is -0.00733. The second-order valence-corrected chi connectivity index (χ2v) is 5.78. The molecule has 1 aromatic carbocycles. The third-order valence-corrected chi connectivity index (χ3v) is 2.88. The zero-order valence-corrected chi connectivity index (χ0v) is 15.5. The Morgan fingerprint density at radius 2 is 1.96 bits per heavy atom. The summed E-state index contributed by atoms with van der Waals surface area (Å²) in [5.41, 5.74) is 13.5. The monoisotopic (exact) mass is 411 g/mol. The molecule has 0 aromatic heterocycles. The summed E-state index contributed by atoms with van der Waals surface area (Å²) in [6, 6.07) is 3.39. The summed E-state index contributed by atoms with van der Waals surface area (Å²) in [6.07, 6.45) is -4.35. The summed E-state index contributed by atoms with van der Waals surface area (Å²) < 4.78 is 45.5. The number of hydrogen-bond acceptors (Lipinski definition) is 4. The highest BCUT2D eigenvalue weighted by atomic mass is 35.5. The van der Waals surface area contributed by atoms with Gasteiger partial charge < -0.3 is 20.9 Å². The number of aliphatic imine (C=N–C) groups is 2. The van der Waals surface area contributed by atoms with Gasteiger partial charge in [0.1, 0.15) is 11.5 Å². The average molecular weight is 412 g/mol. The zero-order valence-electron chi connectivity index (χ0n) is 14.7. The third-order valence-electron chi connectivity index (χ3n) is 2.59. The van der Waals surface area contributed by atoms with E-state index in [2.05, 4.69) is 20.2 Å². The van der Waals surface area contributed by atoms with Crippen molar-refractivity contribution in [1.82, 2.24) is 5.48 Å². The Labute approximate surface area is 159 Å². The molecule has 0 saturated heterocycles. The quantitative estimate of drug-likeness (QED) is 0.262. The smallest absolute Gasteiger partial charge is 0.492 e. The van der Waals surface area contributed by atoms with E-state index in [1.54, 1.807) is 0 Å². The first kappa shape index (κ1) is 22.6. The molecule has 5 N–H and O–H groups in total. The number of halogens is 4. The lowest BCUT2D eigenvalue weighted by molar-refractivity contribution is -0.274. The predicted molar refractivity (Wildman–Crippen MR) is 95.7 cm³/mol. The molecule has 0 saturated carbocycles. The summed E-state index contributed by atoms with van der Waals surface area (Å²) in [7, 11) is 0. The van der Waals surface area contributed by atoms with Gasteiger partial charge in [0, 0.05) is 18.5 Å². The van der Waals surface area contributed by atoms with Gasteiger partial charge in [0.15, 0.2) is 0 Å². The predicted octanol–water partition coefficient (Wildman–Crippen LogP) is 2.57. The zero-order chi connectivity index (χ0) is 20.4. The number of rotatable bonds is 8. The molecule has 1 rings (SSSR count). The van der Waals surface area contributed by atoms with E-state index in [0.29, 0.717) is 6.42 Å². The van der Waals surface area contributed by atoms with E-state index < -0.39 is 12.1 Å². The molecule has 0 amide bonds. The number of nitrogens with one attached hydrogen (secondary N) is 1. The lowest BCUT2D eigenvalue weighted by atomic mass is 10.3. The van der Waals surface area contributed by atoms with Crippen LogP contribution in [-0.2, 0) is 4.84 Å². The number of nitrogens with zero attached hydrogens (tertiary/aromatic N) is 2. The van der Waals surface area contributed by atoms with E-state index >= 15 is 0 Å². The Bertz CT molecular complexity index is 669. The fourth-order valence-corrected chi connectivity index (χ4v) is 1.90. The first-order valence-electron chi connectivity index (χ1n) is 7.80. The van der Waals surface area contributed by atoms with Gasteiger partial charge in [-0.1, -0.05) is 11.6 Å². The maximum atomic E-state index is 12.1. The Kier molecular flexibility index (Phi) is 8.95. The van der Waals surface area contributed by atoms with Gasteiger partial charge >= 0.3 is 6.36 Å². The minimum Gasteiger partial charge on any atom is -0.492 e. The number of nitrogens with two attached hydrogens (primary N) is 2. The molecule has 0 bridgehead atoms. The number of hydroxylamine groups is 1. The summed E-state index contributed by atoms with van der Waals surface area (Å²) in [5.74, 6) is -0.240. The van der Waals surface area contributed by atoms with Gasteiger partial charge in [-0.05, 0) is 26.0 Å². The van der Waals surface area contributed by atoms with Crippen molar-refractivity contribution in [2.45, 2.75) is 32.7 Å². The summed E-state index contributed by atoms with van der Waals surface area (Å²) in [6.45, 7) is 4.09. The van der Waals surface area contributed by atoms with Crippen LogP contribution in [0, 0.1) is 0 Å². The van der Waals surface area contributed by atoms with Crippen molar-refractivity contribution in [1.29, 1.82) is 0 Å². The summed E-state index contributed by atoms with van der Waals surface area (Å²) >= 11 is 5.85. The lowest BCUT2D eigenvalue weighted by Crippen LogP contribution is -2.34. The van der Waals surface area contributed by atoms with E-state index in [9.17, 15) is 13.2 Å². The molecule has 0 atom stereocenters. The highest BCUT2D eigenvalue weighted by molar-refractivity contribution is 6.32. The highest BCUT2D eigenvalue weighted by Crippen LogP contribution is 2.31. The van der Waals surface area contributed by atoms with Crippen LogP contribution in [0.25, 0.3) is 0 Å². The van der Waals surface area contributed by atoms with Gasteiger partial charge in [-0.3, -0.25) is 4.84 Å². The molecule has 0 aliphatic heterocycles. The van der Waals surface area contributed by atoms with Gasteiger partial charge in [0.05, 0.1) is 18.2 Å². The second-order valence-electron chi connectivity index (χ2n) is 5.37. The maximum absolute atomic E-state index is 12.1. The minimum atomic E-state index is -4.79. The van der Waals surface area contributed by atoms with Crippen LogP contribution in [0.15, 0.2) is 28.2 Å². The first-order valence-corrected chi connectivity index (χ1v) is 8.18. The Morgan fingerprint density at radius 3 is 2.56 bits per heavy atom. The van der Waals surface area contributed by atoms with Crippen LogP contribution in [-0.4, -0.2) is 37.5 Å². The fourth-order valence-electron chi connectivity index (χ4n) is 1.67. The first-order chi connectivity index (χ1) is 12.6. The molecule has 12 heteroatoms. The van der Waals surface area contributed by atoms with Crippen molar-refractivity contribution in [3.05, 3.63) is 23.2 Å². The Hall–Kier alpha value is -2.40. The molecule has 0 unspecified atom stereocenters. The van der Waals surface area contributed by atoms with E-state index in [1.165, 1.54) is 6.07 Å². The molecule has 0 spiro atoms. The molecule has 0 heterocycles. The molecular weight excluding hydrogens is 391 g/mol. The van der Waals surface area contributed by atoms with Crippen molar-refractivity contribution in [3.63, 3.8) is 0 Å². The molecular formula is C15H21ClF3N5O3. The molecule has 1 aromatic rings. The van der Waals surface area contributed by atoms with E-state index in [1.807, 2.05) is 13.8 Å². The largest absolute Gasteiger partial charge is 0.573 e. The van der Waals surface area contributed by atoms with Crippen molar-refractivity contribution in [3.8, 4) is 11.5 Å². The topological polar surface area (TPSA) is 116 Å². The van der Waals surface area contributed by atoms with Gasteiger partial charge in [0.2, 0.25) is 11.9 Å². The van der Waals surface area contributed by atoms with Crippen LogP contribution < -0.4 is 26.4 Å². The van der Waals surface area contributed by atoms with Crippen LogP contribution in [0.4, 0.5) is 13.2 Å². The number of benzene rings is 1. The SMILES string of the molecule is CC(C)/N=C(N)/N=C(\N)NOCCCOc1ccc(OC(F)(F)F)cc1Cl. The number of alkyl halides is 3. The molecule has 8 nitrogen and oxygen atoms in total. The molecule has 0 fully saturated rings. The normalized spacial score (nSPS) is 13.0. The van der Waals surface area contributed by atoms with Crippen LogP contribution in [0.5, 0.6) is 11.5 Å². The second kappa shape index (κ2) is 10.7. The number of hydrogen-bond donors (Lipinski definition) is 3. The fraction of sp³-hybridized carbons (Fsp3) is 0.467. The highest BCUT2D eigenvalue weighted by Gasteiger charge is 2.31. The van der Waals surface area contributed by atoms with Crippen molar-refractivity contribution in [2.24, 2.45) is 21.5 Å². The molecule has 27 heavy (non-hydrogen) atoms. The maximum Gasteiger partial charge on any atom is 0.573 e. The van der Waals surface area contributed by atoms with Crippen LogP contribution in [0.2, 0.25) is 5.02 Å². The van der Waals surface area contributed by atoms with Crippen LogP contribution in [0.3, 0.4) is 0 Å². The molecule has 152 valence electrons. The van der Waals surface area contributed by atoms with Crippen LogP contribution >= 0.6 is 11.6 Å². The lowest BCUT2D eigenvalue weighted by Gasteiger charge is -2.12. The molecule has 0 aliphatic rings. The molecule has 0 aliphatic carbocycles.